The first kappa shape index (κ1) is 13.8. The van der Waals surface area contributed by atoms with E-state index in [0.717, 1.165) is 15.6 Å². The SMILES string of the molecule is S=c1[nH]nc(-c2ccncc2)n1N=Cc1cccc(Br)c1. The van der Waals surface area contributed by atoms with Crippen LogP contribution in [0.4, 0.5) is 0 Å². The smallest absolute Gasteiger partial charge is 0.216 e. The summed E-state index contributed by atoms with van der Waals surface area (Å²) in [6, 6.07) is 11.6. The summed E-state index contributed by atoms with van der Waals surface area (Å²) in [5, 5.41) is 11.4. The lowest BCUT2D eigenvalue weighted by molar-refractivity contribution is 0.871. The van der Waals surface area contributed by atoms with Crippen molar-refractivity contribution in [2.24, 2.45) is 5.10 Å². The lowest BCUT2D eigenvalue weighted by Crippen LogP contribution is -1.95. The Hall–Kier alpha value is -2.12. The molecule has 0 unspecified atom stereocenters. The van der Waals surface area contributed by atoms with Crippen molar-refractivity contribution in [3.05, 3.63) is 63.6 Å². The van der Waals surface area contributed by atoms with Crippen LogP contribution in [0, 0.1) is 4.77 Å². The molecule has 0 aliphatic carbocycles. The maximum absolute atomic E-state index is 5.22. The highest BCUT2D eigenvalue weighted by Crippen LogP contribution is 2.16. The van der Waals surface area contributed by atoms with Crippen LogP contribution < -0.4 is 0 Å². The highest BCUT2D eigenvalue weighted by molar-refractivity contribution is 9.10. The van der Waals surface area contributed by atoms with Gasteiger partial charge in [0.15, 0.2) is 5.82 Å². The number of rotatable bonds is 3. The molecule has 0 aliphatic heterocycles. The third-order valence-electron chi connectivity index (χ3n) is 2.76. The average Bonchev–Trinajstić information content (AvgIpc) is 2.87. The summed E-state index contributed by atoms with van der Waals surface area (Å²) in [4.78, 5) is 3.99. The van der Waals surface area contributed by atoms with Gasteiger partial charge in [-0.15, -0.1) is 0 Å². The summed E-state index contributed by atoms with van der Waals surface area (Å²) in [6.07, 6.45) is 5.14. The second-order valence-corrected chi connectivity index (χ2v) is 5.50. The van der Waals surface area contributed by atoms with Crippen molar-refractivity contribution in [2.45, 2.75) is 0 Å². The van der Waals surface area contributed by atoms with Gasteiger partial charge in [-0.25, -0.2) is 5.10 Å². The van der Waals surface area contributed by atoms with E-state index in [4.69, 9.17) is 12.2 Å². The highest BCUT2D eigenvalue weighted by atomic mass is 79.9. The Kier molecular flexibility index (Phi) is 4.03. The Morgan fingerprint density at radius 2 is 2.05 bits per heavy atom. The molecule has 3 rings (SSSR count). The van der Waals surface area contributed by atoms with E-state index in [-0.39, 0.29) is 0 Å². The van der Waals surface area contributed by atoms with Crippen molar-refractivity contribution < 1.29 is 0 Å². The van der Waals surface area contributed by atoms with Crippen LogP contribution >= 0.6 is 28.1 Å². The number of benzene rings is 1. The van der Waals surface area contributed by atoms with Crippen LogP contribution in [0.5, 0.6) is 0 Å². The van der Waals surface area contributed by atoms with E-state index in [1.165, 1.54) is 0 Å². The Morgan fingerprint density at radius 1 is 1.24 bits per heavy atom. The van der Waals surface area contributed by atoms with Crippen molar-refractivity contribution in [1.82, 2.24) is 19.9 Å². The molecule has 5 nitrogen and oxygen atoms in total. The van der Waals surface area contributed by atoms with E-state index in [2.05, 4.69) is 36.2 Å². The van der Waals surface area contributed by atoms with E-state index >= 15 is 0 Å². The normalized spacial score (nSPS) is 11.1. The summed E-state index contributed by atoms with van der Waals surface area (Å²) in [5.74, 6) is 0.647. The van der Waals surface area contributed by atoms with E-state index < -0.39 is 0 Å². The van der Waals surface area contributed by atoms with Crippen molar-refractivity contribution >= 4 is 34.4 Å². The van der Waals surface area contributed by atoms with Crippen LogP contribution in [-0.4, -0.2) is 26.1 Å². The van der Waals surface area contributed by atoms with Crippen LogP contribution in [0.2, 0.25) is 0 Å². The third-order valence-corrected chi connectivity index (χ3v) is 3.52. The van der Waals surface area contributed by atoms with Crippen LogP contribution in [-0.2, 0) is 0 Å². The van der Waals surface area contributed by atoms with E-state index in [1.54, 1.807) is 23.3 Å². The van der Waals surface area contributed by atoms with Gasteiger partial charge in [0.05, 0.1) is 6.21 Å². The molecule has 0 radical (unpaired) electrons. The van der Waals surface area contributed by atoms with Crippen molar-refractivity contribution in [1.29, 1.82) is 0 Å². The Balaban J connectivity index is 2.00. The van der Waals surface area contributed by atoms with Crippen LogP contribution in [0.3, 0.4) is 0 Å². The average molecular weight is 360 g/mol. The molecule has 3 aromatic rings. The van der Waals surface area contributed by atoms with Gasteiger partial charge in [-0.3, -0.25) is 4.98 Å². The highest BCUT2D eigenvalue weighted by Gasteiger charge is 2.07. The number of aromatic nitrogens is 4. The van der Waals surface area contributed by atoms with Crippen LogP contribution in [0.25, 0.3) is 11.4 Å². The molecule has 104 valence electrons. The minimum Gasteiger partial charge on any atom is -0.265 e. The van der Waals surface area contributed by atoms with Crippen molar-refractivity contribution in [2.75, 3.05) is 0 Å². The van der Waals surface area contributed by atoms with Gasteiger partial charge < -0.3 is 0 Å². The minimum atomic E-state index is 0.438. The molecule has 21 heavy (non-hydrogen) atoms. The number of aromatic amines is 1. The largest absolute Gasteiger partial charge is 0.265 e. The fourth-order valence-electron chi connectivity index (χ4n) is 1.80. The van der Waals surface area contributed by atoms with Crippen molar-refractivity contribution in [3.8, 4) is 11.4 Å². The predicted octanol–water partition coefficient (Wildman–Crippen LogP) is 3.65. The number of nitrogens with zero attached hydrogens (tertiary/aromatic N) is 4. The molecule has 0 saturated heterocycles. The monoisotopic (exact) mass is 359 g/mol. The summed E-state index contributed by atoms with van der Waals surface area (Å²) < 4.78 is 3.02. The summed E-state index contributed by atoms with van der Waals surface area (Å²) in [6.45, 7) is 0. The third kappa shape index (κ3) is 3.14. The first-order valence-corrected chi connectivity index (χ1v) is 7.32. The minimum absolute atomic E-state index is 0.438. The number of H-pyrrole nitrogens is 1. The first-order chi connectivity index (χ1) is 10.2. The van der Waals surface area contributed by atoms with E-state index in [1.807, 2.05) is 36.4 Å². The van der Waals surface area contributed by atoms with Gasteiger partial charge in [-0.2, -0.15) is 14.9 Å². The molecule has 7 heteroatoms. The topological polar surface area (TPSA) is 58.9 Å². The molecule has 0 atom stereocenters. The maximum Gasteiger partial charge on any atom is 0.216 e. The molecule has 0 bridgehead atoms. The van der Waals surface area contributed by atoms with Gasteiger partial charge >= 0.3 is 0 Å². The molecule has 2 heterocycles. The fraction of sp³-hybridized carbons (Fsp3) is 0. The molecular weight excluding hydrogens is 350 g/mol. The zero-order valence-electron chi connectivity index (χ0n) is 10.8. The number of nitrogens with one attached hydrogen (secondary N) is 1. The number of halogens is 1. The summed E-state index contributed by atoms with van der Waals surface area (Å²) in [5.41, 5.74) is 1.86. The quantitative estimate of drug-likeness (QED) is 0.573. The predicted molar refractivity (Wildman–Crippen MR) is 87.8 cm³/mol. The molecular formula is C14H10BrN5S. The van der Waals surface area contributed by atoms with Gasteiger partial charge in [0, 0.05) is 22.4 Å². The molecule has 0 amide bonds. The fourth-order valence-corrected chi connectivity index (χ4v) is 2.39. The van der Waals surface area contributed by atoms with Gasteiger partial charge in [-0.05, 0) is 42.0 Å². The standard InChI is InChI=1S/C14H10BrN5S/c15-12-3-1-2-10(8-12)9-17-20-13(18-19-14(20)21)11-4-6-16-7-5-11/h1-9H,(H,19,21). The Labute approximate surface area is 134 Å². The molecule has 0 spiro atoms. The second kappa shape index (κ2) is 6.11. The zero-order chi connectivity index (χ0) is 14.7. The number of pyridine rings is 1. The molecule has 1 aromatic carbocycles. The van der Waals surface area contributed by atoms with Gasteiger partial charge in [-0.1, -0.05) is 28.1 Å². The second-order valence-electron chi connectivity index (χ2n) is 4.20. The van der Waals surface area contributed by atoms with Crippen molar-refractivity contribution in [3.63, 3.8) is 0 Å². The molecule has 0 fully saturated rings. The lowest BCUT2D eigenvalue weighted by Gasteiger charge is -2.00. The van der Waals surface area contributed by atoms with Gasteiger partial charge in [0.25, 0.3) is 0 Å². The van der Waals surface area contributed by atoms with Crippen LogP contribution in [0.15, 0.2) is 58.4 Å². The lowest BCUT2D eigenvalue weighted by atomic mass is 10.2. The van der Waals surface area contributed by atoms with Gasteiger partial charge in [0.1, 0.15) is 0 Å². The molecule has 1 N–H and O–H groups in total. The van der Waals surface area contributed by atoms with E-state index in [9.17, 15) is 0 Å². The summed E-state index contributed by atoms with van der Waals surface area (Å²) >= 11 is 8.65. The Bertz CT molecular complexity index is 838. The number of hydrogen-bond acceptors (Lipinski definition) is 4. The van der Waals surface area contributed by atoms with Crippen LogP contribution in [0.1, 0.15) is 5.56 Å². The van der Waals surface area contributed by atoms with E-state index in [0.29, 0.717) is 10.6 Å². The Morgan fingerprint density at radius 3 is 2.81 bits per heavy atom. The molecule has 0 saturated carbocycles. The van der Waals surface area contributed by atoms with Gasteiger partial charge in [0.2, 0.25) is 4.77 Å². The zero-order valence-corrected chi connectivity index (χ0v) is 13.2. The first-order valence-electron chi connectivity index (χ1n) is 6.12. The maximum atomic E-state index is 5.22. The number of hydrogen-bond donors (Lipinski definition) is 1. The molecule has 0 aliphatic rings. The molecule has 2 aromatic heterocycles. The summed E-state index contributed by atoms with van der Waals surface area (Å²) in [7, 11) is 0.